The predicted molar refractivity (Wildman–Crippen MR) is 90.3 cm³/mol. The van der Waals surface area contributed by atoms with Crippen LogP contribution in [0, 0.1) is 23.2 Å². The smallest absolute Gasteiger partial charge is 0.333 e. The van der Waals surface area contributed by atoms with Crippen molar-refractivity contribution in [1.29, 1.82) is 0 Å². The maximum Gasteiger partial charge on any atom is 0.333 e. The number of allylic oxidation sites excluding steroid dienone is 1. The van der Waals surface area contributed by atoms with Crippen LogP contribution in [0.2, 0.25) is 0 Å². The maximum absolute atomic E-state index is 12.5. The van der Waals surface area contributed by atoms with Crippen LogP contribution in [0.25, 0.3) is 0 Å². The molecule has 1 saturated heterocycles. The zero-order valence-electron chi connectivity index (χ0n) is 15.2. The van der Waals surface area contributed by atoms with Crippen LogP contribution in [-0.4, -0.2) is 35.4 Å². The molecule has 0 amide bonds. The van der Waals surface area contributed by atoms with Crippen LogP contribution < -0.4 is 0 Å². The van der Waals surface area contributed by atoms with E-state index < -0.39 is 6.10 Å². The highest BCUT2D eigenvalue weighted by atomic mass is 16.6. The van der Waals surface area contributed by atoms with Gasteiger partial charge in [-0.3, -0.25) is 4.79 Å². The number of carbonyl (C=O) groups is 2. The van der Waals surface area contributed by atoms with E-state index in [1.165, 1.54) is 0 Å². The molecule has 5 heteroatoms. The molecule has 1 heterocycles. The summed E-state index contributed by atoms with van der Waals surface area (Å²) in [5.74, 6) is -0.638. The first kappa shape index (κ1) is 16.8. The number of fused-ring (bicyclic) bond motifs is 1. The van der Waals surface area contributed by atoms with Crippen LogP contribution in [0.5, 0.6) is 0 Å². The molecule has 1 N–H and O–H groups in total. The number of hydrogen-bond acceptors (Lipinski definition) is 5. The van der Waals surface area contributed by atoms with E-state index in [1.807, 2.05) is 13.8 Å². The summed E-state index contributed by atoms with van der Waals surface area (Å²) in [6.07, 6.45) is 2.77. The number of aliphatic hydroxyl groups excluding tert-OH is 1. The highest BCUT2D eigenvalue weighted by Gasteiger charge is 2.65. The summed E-state index contributed by atoms with van der Waals surface area (Å²) in [5, 5.41) is 10.4. The Kier molecular flexibility index (Phi) is 3.66. The van der Waals surface area contributed by atoms with E-state index in [9.17, 15) is 14.7 Å². The maximum atomic E-state index is 12.5. The SMILES string of the molecule is C/C=C(\C)C(=O)O[C@@H]1C[C@]2(C)C[C@H]3C(=O)O[C@@H](C4=C(C)C(O)C[C@H]42)[C@@H]13. The average molecular weight is 346 g/mol. The third-order valence-electron chi connectivity index (χ3n) is 7.09. The number of aliphatic hydroxyl groups is 1. The van der Waals surface area contributed by atoms with Gasteiger partial charge in [-0.05, 0) is 62.5 Å². The zero-order valence-corrected chi connectivity index (χ0v) is 15.2. The van der Waals surface area contributed by atoms with Crippen LogP contribution in [0.1, 0.15) is 47.0 Å². The molecule has 0 radical (unpaired) electrons. The van der Waals surface area contributed by atoms with Crippen LogP contribution >= 0.6 is 0 Å². The van der Waals surface area contributed by atoms with Gasteiger partial charge < -0.3 is 14.6 Å². The molecule has 4 fully saturated rings. The number of esters is 2. The van der Waals surface area contributed by atoms with Gasteiger partial charge in [-0.2, -0.15) is 0 Å². The summed E-state index contributed by atoms with van der Waals surface area (Å²) < 4.78 is 11.6. The van der Waals surface area contributed by atoms with E-state index in [2.05, 4.69) is 6.92 Å². The summed E-state index contributed by atoms with van der Waals surface area (Å²) >= 11 is 0. The summed E-state index contributed by atoms with van der Waals surface area (Å²) in [7, 11) is 0. The largest absolute Gasteiger partial charge is 0.459 e. The van der Waals surface area contributed by atoms with Crippen LogP contribution in [0.3, 0.4) is 0 Å². The lowest BCUT2D eigenvalue weighted by Crippen LogP contribution is -2.45. The third-order valence-corrected chi connectivity index (χ3v) is 7.09. The second-order valence-electron chi connectivity index (χ2n) is 8.46. The molecule has 0 spiro atoms. The lowest BCUT2D eigenvalue weighted by Gasteiger charge is -2.43. The number of ether oxygens (including phenoxy) is 2. The van der Waals surface area contributed by atoms with Gasteiger partial charge >= 0.3 is 11.9 Å². The third kappa shape index (κ3) is 2.24. The molecule has 25 heavy (non-hydrogen) atoms. The van der Waals surface area contributed by atoms with Gasteiger partial charge in [-0.15, -0.1) is 0 Å². The van der Waals surface area contributed by atoms with Crippen molar-refractivity contribution in [2.24, 2.45) is 23.2 Å². The highest BCUT2D eigenvalue weighted by Crippen LogP contribution is 2.63. The Morgan fingerprint density at radius 2 is 2.12 bits per heavy atom. The molecule has 5 nitrogen and oxygen atoms in total. The Bertz CT molecular complexity index is 705. The quantitative estimate of drug-likeness (QED) is 0.472. The molecule has 5 rings (SSSR count). The molecule has 136 valence electrons. The Hall–Kier alpha value is -1.62. The van der Waals surface area contributed by atoms with E-state index >= 15 is 0 Å². The second-order valence-corrected chi connectivity index (χ2v) is 8.46. The van der Waals surface area contributed by atoms with Crippen LogP contribution in [0.15, 0.2) is 22.8 Å². The molecule has 0 aromatic carbocycles. The van der Waals surface area contributed by atoms with Crippen molar-refractivity contribution < 1.29 is 24.2 Å². The minimum atomic E-state index is -0.458. The molecule has 0 aromatic rings. The molecule has 0 aromatic heterocycles. The van der Waals surface area contributed by atoms with Crippen molar-refractivity contribution in [3.8, 4) is 0 Å². The van der Waals surface area contributed by atoms with E-state index in [0.29, 0.717) is 12.0 Å². The normalized spacial score (nSPS) is 45.3. The van der Waals surface area contributed by atoms with Gasteiger partial charge in [0, 0.05) is 5.57 Å². The van der Waals surface area contributed by atoms with Gasteiger partial charge in [-0.1, -0.05) is 13.0 Å². The number of hydrogen-bond donors (Lipinski definition) is 1. The summed E-state index contributed by atoms with van der Waals surface area (Å²) in [6.45, 7) is 7.68. The summed E-state index contributed by atoms with van der Waals surface area (Å²) in [4.78, 5) is 24.8. The van der Waals surface area contributed by atoms with Gasteiger partial charge in [0.2, 0.25) is 0 Å². The minimum Gasteiger partial charge on any atom is -0.459 e. The van der Waals surface area contributed by atoms with Crippen molar-refractivity contribution in [1.82, 2.24) is 0 Å². The standard InChI is InChI=1S/C20H26O5/c1-5-9(2)18(22)24-14-8-20(4)7-11-16(14)17(25-19(11)23)15-10(3)13(21)6-12(15)20/h5,11-14,16-17,21H,6-8H2,1-4H3/b9-5+/t11-,12-,13?,14-,16-,17+,20+/m1/s1. The fourth-order valence-electron chi connectivity index (χ4n) is 5.61. The first-order valence-corrected chi connectivity index (χ1v) is 9.20. The van der Waals surface area contributed by atoms with E-state index in [-0.39, 0.29) is 47.3 Å². The highest BCUT2D eigenvalue weighted by molar-refractivity contribution is 5.88. The van der Waals surface area contributed by atoms with E-state index in [4.69, 9.17) is 9.47 Å². The van der Waals surface area contributed by atoms with Crippen molar-refractivity contribution in [2.45, 2.75) is 65.3 Å². The van der Waals surface area contributed by atoms with Crippen molar-refractivity contribution in [3.05, 3.63) is 22.8 Å². The number of rotatable bonds is 2. The van der Waals surface area contributed by atoms with Gasteiger partial charge in [0.25, 0.3) is 0 Å². The molecule has 4 aliphatic carbocycles. The van der Waals surface area contributed by atoms with Crippen LogP contribution in [0.4, 0.5) is 0 Å². The number of carbonyl (C=O) groups excluding carboxylic acids is 2. The molecule has 1 aliphatic heterocycles. The average Bonchev–Trinajstić information content (AvgIpc) is 2.98. The molecular formula is C20H26O5. The van der Waals surface area contributed by atoms with Gasteiger partial charge in [-0.25, -0.2) is 4.79 Å². The zero-order chi connectivity index (χ0) is 18.1. The monoisotopic (exact) mass is 346 g/mol. The van der Waals surface area contributed by atoms with E-state index in [1.54, 1.807) is 13.0 Å². The molecule has 1 unspecified atom stereocenters. The Morgan fingerprint density at radius 1 is 1.40 bits per heavy atom. The summed E-state index contributed by atoms with van der Waals surface area (Å²) in [5.41, 5.74) is 2.46. The fourth-order valence-corrected chi connectivity index (χ4v) is 5.61. The molecule has 5 aliphatic rings. The fraction of sp³-hybridized carbons (Fsp3) is 0.700. The predicted octanol–water partition coefficient (Wildman–Crippen LogP) is 2.53. The van der Waals surface area contributed by atoms with E-state index in [0.717, 1.165) is 24.0 Å². The second kappa shape index (κ2) is 5.44. The molecular weight excluding hydrogens is 320 g/mol. The first-order valence-electron chi connectivity index (χ1n) is 9.20. The molecule has 4 bridgehead atoms. The van der Waals surface area contributed by atoms with Crippen molar-refractivity contribution in [3.63, 3.8) is 0 Å². The van der Waals surface area contributed by atoms with Gasteiger partial charge in [0.1, 0.15) is 12.2 Å². The topological polar surface area (TPSA) is 72.8 Å². The first-order chi connectivity index (χ1) is 11.8. The lowest BCUT2D eigenvalue weighted by molar-refractivity contribution is -0.156. The Morgan fingerprint density at radius 3 is 2.80 bits per heavy atom. The van der Waals surface area contributed by atoms with Gasteiger partial charge in [0.15, 0.2) is 0 Å². The van der Waals surface area contributed by atoms with Crippen molar-refractivity contribution in [2.75, 3.05) is 0 Å². The molecule has 3 saturated carbocycles. The molecule has 7 atom stereocenters. The minimum absolute atomic E-state index is 0.130. The van der Waals surface area contributed by atoms with Crippen molar-refractivity contribution >= 4 is 11.9 Å². The van der Waals surface area contributed by atoms with Crippen LogP contribution in [-0.2, 0) is 19.1 Å². The lowest BCUT2D eigenvalue weighted by atomic mass is 9.62. The Balaban J connectivity index is 1.77. The summed E-state index contributed by atoms with van der Waals surface area (Å²) in [6, 6.07) is 0. The Labute approximate surface area is 148 Å². The van der Waals surface area contributed by atoms with Gasteiger partial charge in [0.05, 0.1) is 17.9 Å².